The molecule has 2 aromatic heterocycles. The molecule has 0 bridgehead atoms. The minimum absolute atomic E-state index is 0.0654. The number of rotatable bonds is 6. The van der Waals surface area contributed by atoms with Crippen molar-refractivity contribution >= 4 is 17.6 Å². The molecule has 0 saturated heterocycles. The third-order valence-electron chi connectivity index (χ3n) is 4.23. The van der Waals surface area contributed by atoms with Crippen molar-refractivity contribution in [2.24, 2.45) is 18.7 Å². The standard InChI is InChI=1S/C17H21FN6O2/c1-8(2)4-11(15(19)25)22-16-13(18)10-6-20-17(26)12(10)14(23-16)9-5-21-24(3)7-9/h5,7-8,11H,4,6H2,1-3H3,(H2,19,25)(H,20,26)(H,22,23)/t11-/m1/s1. The summed E-state index contributed by atoms with van der Waals surface area (Å²) in [7, 11) is 1.73. The van der Waals surface area contributed by atoms with Crippen molar-refractivity contribution in [1.29, 1.82) is 0 Å². The van der Waals surface area contributed by atoms with E-state index in [-0.39, 0.29) is 35.3 Å². The van der Waals surface area contributed by atoms with Crippen molar-refractivity contribution in [3.05, 3.63) is 29.3 Å². The zero-order valence-corrected chi connectivity index (χ0v) is 14.8. The smallest absolute Gasteiger partial charge is 0.254 e. The number of carbonyl (C=O) groups is 2. The number of nitrogens with zero attached hydrogens (tertiary/aromatic N) is 3. The lowest BCUT2D eigenvalue weighted by Gasteiger charge is -2.19. The van der Waals surface area contributed by atoms with Gasteiger partial charge in [-0.2, -0.15) is 5.10 Å². The number of amides is 2. The average Bonchev–Trinajstić information content (AvgIpc) is 3.15. The van der Waals surface area contributed by atoms with Gasteiger partial charge >= 0.3 is 0 Å². The van der Waals surface area contributed by atoms with Gasteiger partial charge in [0, 0.05) is 30.9 Å². The predicted octanol–water partition coefficient (Wildman–Crippen LogP) is 1.18. The van der Waals surface area contributed by atoms with Crippen LogP contribution in [-0.2, 0) is 18.4 Å². The van der Waals surface area contributed by atoms with Crippen molar-refractivity contribution in [1.82, 2.24) is 20.1 Å². The second kappa shape index (κ2) is 6.74. The Hall–Kier alpha value is -2.97. The molecule has 0 aromatic carbocycles. The van der Waals surface area contributed by atoms with E-state index in [2.05, 4.69) is 20.7 Å². The number of nitrogens with one attached hydrogen (secondary N) is 2. The van der Waals surface area contributed by atoms with Crippen LogP contribution in [-0.4, -0.2) is 32.6 Å². The molecule has 138 valence electrons. The molecule has 0 saturated carbocycles. The van der Waals surface area contributed by atoms with Crippen LogP contribution in [0.1, 0.15) is 36.2 Å². The highest BCUT2D eigenvalue weighted by Gasteiger charge is 2.31. The van der Waals surface area contributed by atoms with E-state index in [1.807, 2.05) is 13.8 Å². The van der Waals surface area contributed by atoms with Gasteiger partial charge in [0.2, 0.25) is 5.91 Å². The fourth-order valence-electron chi connectivity index (χ4n) is 3.01. The molecule has 2 aromatic rings. The molecule has 0 aliphatic carbocycles. The lowest BCUT2D eigenvalue weighted by atomic mass is 10.0. The highest BCUT2D eigenvalue weighted by molar-refractivity contribution is 6.04. The fraction of sp³-hybridized carbons (Fsp3) is 0.412. The number of aryl methyl sites for hydroxylation is 1. The molecule has 1 atom stereocenters. The van der Waals surface area contributed by atoms with Crippen molar-refractivity contribution in [2.75, 3.05) is 5.32 Å². The zero-order chi connectivity index (χ0) is 19.0. The molecule has 3 heterocycles. The second-order valence-corrected chi connectivity index (χ2v) is 6.79. The van der Waals surface area contributed by atoms with Crippen LogP contribution in [0.5, 0.6) is 0 Å². The molecular weight excluding hydrogens is 339 g/mol. The van der Waals surface area contributed by atoms with Gasteiger partial charge in [-0.1, -0.05) is 13.8 Å². The summed E-state index contributed by atoms with van der Waals surface area (Å²) in [6.45, 7) is 3.94. The van der Waals surface area contributed by atoms with E-state index in [0.29, 0.717) is 17.7 Å². The fourth-order valence-corrected chi connectivity index (χ4v) is 3.01. The first kappa shape index (κ1) is 17.8. The predicted molar refractivity (Wildman–Crippen MR) is 93.6 cm³/mol. The minimum Gasteiger partial charge on any atom is -0.368 e. The normalized spacial score (nSPS) is 14.3. The van der Waals surface area contributed by atoms with Gasteiger partial charge in [-0.15, -0.1) is 0 Å². The van der Waals surface area contributed by atoms with Gasteiger partial charge in [0.05, 0.1) is 17.5 Å². The Morgan fingerprint density at radius 1 is 1.50 bits per heavy atom. The van der Waals surface area contributed by atoms with Crippen LogP contribution in [0.3, 0.4) is 0 Å². The Bertz CT molecular complexity index is 876. The van der Waals surface area contributed by atoms with Crippen LogP contribution < -0.4 is 16.4 Å². The first-order valence-electron chi connectivity index (χ1n) is 8.33. The summed E-state index contributed by atoms with van der Waals surface area (Å²) >= 11 is 0. The molecule has 8 nitrogen and oxygen atoms in total. The van der Waals surface area contributed by atoms with Crippen molar-refractivity contribution in [3.63, 3.8) is 0 Å². The third kappa shape index (κ3) is 3.24. The van der Waals surface area contributed by atoms with Crippen molar-refractivity contribution < 1.29 is 14.0 Å². The number of hydrogen-bond donors (Lipinski definition) is 3. The molecule has 26 heavy (non-hydrogen) atoms. The summed E-state index contributed by atoms with van der Waals surface area (Å²) in [4.78, 5) is 28.2. The summed E-state index contributed by atoms with van der Waals surface area (Å²) in [5, 5.41) is 9.51. The summed E-state index contributed by atoms with van der Waals surface area (Å²) in [6, 6.07) is -0.762. The quantitative estimate of drug-likeness (QED) is 0.715. The Morgan fingerprint density at radius 3 is 2.81 bits per heavy atom. The number of anilines is 1. The number of hydrogen-bond acceptors (Lipinski definition) is 5. The first-order valence-corrected chi connectivity index (χ1v) is 8.33. The van der Waals surface area contributed by atoms with Gasteiger partial charge in [-0.05, 0) is 12.3 Å². The molecule has 0 fully saturated rings. The molecule has 1 aliphatic heterocycles. The Kier molecular flexibility index (Phi) is 4.62. The van der Waals surface area contributed by atoms with E-state index in [0.717, 1.165) is 0 Å². The third-order valence-corrected chi connectivity index (χ3v) is 4.23. The van der Waals surface area contributed by atoms with Crippen LogP contribution >= 0.6 is 0 Å². The SMILES string of the molecule is CC(C)C[C@@H](Nc1nc(-c2cnn(C)c2)c2c(c1F)CNC2=O)C(N)=O. The van der Waals surface area contributed by atoms with E-state index in [9.17, 15) is 14.0 Å². The number of nitrogens with two attached hydrogens (primary N) is 1. The van der Waals surface area contributed by atoms with Crippen molar-refractivity contribution in [2.45, 2.75) is 32.9 Å². The minimum atomic E-state index is -0.762. The highest BCUT2D eigenvalue weighted by Crippen LogP contribution is 2.32. The van der Waals surface area contributed by atoms with Gasteiger partial charge in [-0.3, -0.25) is 14.3 Å². The lowest BCUT2D eigenvalue weighted by molar-refractivity contribution is -0.119. The number of carbonyl (C=O) groups excluding carboxylic acids is 2. The average molecular weight is 360 g/mol. The molecule has 3 rings (SSSR count). The van der Waals surface area contributed by atoms with E-state index >= 15 is 0 Å². The van der Waals surface area contributed by atoms with E-state index in [4.69, 9.17) is 5.73 Å². The largest absolute Gasteiger partial charge is 0.368 e. The summed E-state index contributed by atoms with van der Waals surface area (Å²) in [5.74, 6) is -1.54. The molecule has 0 unspecified atom stereocenters. The van der Waals surface area contributed by atoms with E-state index in [1.54, 1.807) is 24.1 Å². The number of primary amides is 1. The summed E-state index contributed by atoms with van der Waals surface area (Å²) < 4.78 is 16.5. The Morgan fingerprint density at radius 2 is 2.23 bits per heavy atom. The van der Waals surface area contributed by atoms with Gasteiger partial charge in [0.1, 0.15) is 6.04 Å². The summed E-state index contributed by atoms with van der Waals surface area (Å²) in [5.41, 5.74) is 6.76. The number of pyridine rings is 1. The molecular formula is C17H21FN6O2. The van der Waals surface area contributed by atoms with Gasteiger partial charge in [-0.25, -0.2) is 9.37 Å². The second-order valence-electron chi connectivity index (χ2n) is 6.79. The first-order chi connectivity index (χ1) is 12.3. The van der Waals surface area contributed by atoms with Crippen molar-refractivity contribution in [3.8, 4) is 11.3 Å². The van der Waals surface area contributed by atoms with Gasteiger partial charge < -0.3 is 16.4 Å². The molecule has 2 amide bonds. The van der Waals surface area contributed by atoms with Crippen LogP contribution in [0.15, 0.2) is 12.4 Å². The molecule has 0 radical (unpaired) electrons. The molecule has 4 N–H and O–H groups in total. The summed E-state index contributed by atoms with van der Waals surface area (Å²) in [6.07, 6.45) is 3.68. The lowest BCUT2D eigenvalue weighted by Crippen LogP contribution is -2.37. The molecule has 1 aliphatic rings. The maximum absolute atomic E-state index is 14.9. The Balaban J connectivity index is 2.09. The van der Waals surface area contributed by atoms with Crippen LogP contribution in [0.25, 0.3) is 11.3 Å². The van der Waals surface area contributed by atoms with Gasteiger partial charge in [0.15, 0.2) is 11.6 Å². The topological polar surface area (TPSA) is 115 Å². The zero-order valence-electron chi connectivity index (χ0n) is 14.8. The maximum Gasteiger partial charge on any atom is 0.254 e. The van der Waals surface area contributed by atoms with Crippen LogP contribution in [0.2, 0.25) is 0 Å². The number of aromatic nitrogens is 3. The molecule has 0 spiro atoms. The molecule has 9 heteroatoms. The highest BCUT2D eigenvalue weighted by atomic mass is 19.1. The van der Waals surface area contributed by atoms with E-state index in [1.165, 1.54) is 0 Å². The monoisotopic (exact) mass is 360 g/mol. The number of fused-ring (bicyclic) bond motifs is 1. The van der Waals surface area contributed by atoms with Crippen LogP contribution in [0, 0.1) is 11.7 Å². The van der Waals surface area contributed by atoms with E-state index < -0.39 is 17.8 Å². The van der Waals surface area contributed by atoms with Gasteiger partial charge in [0.25, 0.3) is 5.91 Å². The Labute approximate surface area is 150 Å². The maximum atomic E-state index is 14.9. The number of halogens is 1. The van der Waals surface area contributed by atoms with Crippen LogP contribution in [0.4, 0.5) is 10.2 Å².